The van der Waals surface area contributed by atoms with Gasteiger partial charge in [-0.3, -0.25) is 0 Å². The summed E-state index contributed by atoms with van der Waals surface area (Å²) in [6.45, 7) is 0. The SMILES string of the molecule is C1=CC2C=CC(n3c4ccccc4c4c5ccsc5ccc43)=CC2C=C1. The van der Waals surface area contributed by atoms with Crippen LogP contribution in [-0.2, 0) is 0 Å². The Bertz CT molecular complexity index is 1290. The van der Waals surface area contributed by atoms with E-state index in [-0.39, 0.29) is 0 Å². The van der Waals surface area contributed by atoms with Crippen molar-refractivity contribution in [3.63, 3.8) is 0 Å². The van der Waals surface area contributed by atoms with Crippen molar-refractivity contribution in [3.05, 3.63) is 90.4 Å². The number of nitrogens with zero attached hydrogens (tertiary/aromatic N) is 1. The van der Waals surface area contributed by atoms with Crippen molar-refractivity contribution in [3.8, 4) is 0 Å². The Morgan fingerprint density at radius 3 is 2.62 bits per heavy atom. The smallest absolute Gasteiger partial charge is 0.0548 e. The molecule has 2 aliphatic carbocycles. The van der Waals surface area contributed by atoms with Gasteiger partial charge in [-0.2, -0.15) is 0 Å². The lowest BCUT2D eigenvalue weighted by Gasteiger charge is -2.24. The molecule has 0 N–H and O–H groups in total. The minimum atomic E-state index is 0.445. The summed E-state index contributed by atoms with van der Waals surface area (Å²) in [6.07, 6.45) is 15.9. The van der Waals surface area contributed by atoms with Crippen molar-refractivity contribution in [2.24, 2.45) is 11.8 Å². The fraction of sp³-hybridized carbons (Fsp3) is 0.0833. The van der Waals surface area contributed by atoms with Crippen LogP contribution < -0.4 is 0 Å². The molecule has 124 valence electrons. The Morgan fingerprint density at radius 1 is 0.769 bits per heavy atom. The molecule has 0 spiro atoms. The molecule has 1 nitrogen and oxygen atoms in total. The monoisotopic (exact) mass is 351 g/mol. The van der Waals surface area contributed by atoms with E-state index in [1.807, 2.05) is 11.3 Å². The Balaban J connectivity index is 1.70. The third-order valence-electron chi connectivity index (χ3n) is 5.60. The lowest BCUT2D eigenvalue weighted by Crippen LogP contribution is -2.13. The van der Waals surface area contributed by atoms with Gasteiger partial charge in [-0.05, 0) is 35.7 Å². The van der Waals surface area contributed by atoms with E-state index in [9.17, 15) is 0 Å². The second-order valence-electron chi connectivity index (χ2n) is 7.02. The molecule has 0 saturated heterocycles. The Labute approximate surface area is 155 Å². The van der Waals surface area contributed by atoms with E-state index in [1.54, 1.807) is 0 Å². The molecule has 0 fully saturated rings. The molecule has 0 radical (unpaired) electrons. The third-order valence-corrected chi connectivity index (χ3v) is 6.48. The van der Waals surface area contributed by atoms with Crippen molar-refractivity contribution in [2.45, 2.75) is 0 Å². The molecule has 2 unspecified atom stereocenters. The zero-order valence-electron chi connectivity index (χ0n) is 14.2. The predicted octanol–water partition coefficient (Wildman–Crippen LogP) is 6.78. The largest absolute Gasteiger partial charge is 0.310 e. The number of thiophene rings is 1. The number of para-hydroxylation sites is 1. The molecule has 2 atom stereocenters. The van der Waals surface area contributed by atoms with Crippen LogP contribution in [0.5, 0.6) is 0 Å². The lowest BCUT2D eigenvalue weighted by molar-refractivity contribution is 0.659. The first kappa shape index (κ1) is 14.3. The van der Waals surface area contributed by atoms with E-state index >= 15 is 0 Å². The first-order chi connectivity index (χ1) is 12.9. The van der Waals surface area contributed by atoms with E-state index in [4.69, 9.17) is 0 Å². The van der Waals surface area contributed by atoms with Crippen LogP contribution in [0.2, 0.25) is 0 Å². The number of hydrogen-bond acceptors (Lipinski definition) is 1. The highest BCUT2D eigenvalue weighted by Crippen LogP contribution is 2.40. The molecule has 6 rings (SSSR count). The topological polar surface area (TPSA) is 4.93 Å². The van der Waals surface area contributed by atoms with Crippen LogP contribution >= 0.6 is 11.3 Å². The van der Waals surface area contributed by atoms with Crippen LogP contribution in [0.25, 0.3) is 37.6 Å². The number of benzene rings is 2. The van der Waals surface area contributed by atoms with Gasteiger partial charge >= 0.3 is 0 Å². The molecule has 0 saturated carbocycles. The first-order valence-electron chi connectivity index (χ1n) is 9.05. The summed E-state index contributed by atoms with van der Waals surface area (Å²) in [5.74, 6) is 0.932. The molecule has 0 amide bonds. The minimum Gasteiger partial charge on any atom is -0.310 e. The normalized spacial score (nSPS) is 21.6. The molecule has 2 aliphatic rings. The van der Waals surface area contributed by atoms with Crippen LogP contribution in [0.1, 0.15) is 0 Å². The molecular formula is C24H17NS. The van der Waals surface area contributed by atoms with Gasteiger partial charge in [0.25, 0.3) is 0 Å². The molecular weight excluding hydrogens is 334 g/mol. The number of rotatable bonds is 1. The fourth-order valence-electron chi connectivity index (χ4n) is 4.40. The van der Waals surface area contributed by atoms with Gasteiger partial charge in [0.05, 0.1) is 11.0 Å². The fourth-order valence-corrected chi connectivity index (χ4v) is 5.20. The summed E-state index contributed by atoms with van der Waals surface area (Å²) in [6, 6.07) is 15.6. The van der Waals surface area contributed by atoms with Crippen molar-refractivity contribution in [1.29, 1.82) is 0 Å². The summed E-state index contributed by atoms with van der Waals surface area (Å²) in [4.78, 5) is 0. The summed E-state index contributed by atoms with van der Waals surface area (Å²) >= 11 is 1.82. The number of hydrogen-bond donors (Lipinski definition) is 0. The van der Waals surface area contributed by atoms with Crippen molar-refractivity contribution >= 4 is 48.9 Å². The quantitative estimate of drug-likeness (QED) is 0.356. The van der Waals surface area contributed by atoms with E-state index in [0.717, 1.165) is 0 Å². The Morgan fingerprint density at radius 2 is 1.65 bits per heavy atom. The van der Waals surface area contributed by atoms with Crippen molar-refractivity contribution in [1.82, 2.24) is 4.57 Å². The highest BCUT2D eigenvalue weighted by atomic mass is 32.1. The maximum absolute atomic E-state index is 2.43. The molecule has 2 aromatic carbocycles. The second-order valence-corrected chi connectivity index (χ2v) is 7.97. The molecule has 2 aromatic heterocycles. The number of allylic oxidation sites excluding steroid dienone is 8. The van der Waals surface area contributed by atoms with Gasteiger partial charge < -0.3 is 4.57 Å². The van der Waals surface area contributed by atoms with E-state index in [0.29, 0.717) is 11.8 Å². The lowest BCUT2D eigenvalue weighted by atomic mass is 9.84. The Kier molecular flexibility index (Phi) is 2.94. The molecule has 0 bridgehead atoms. The maximum atomic E-state index is 2.43. The summed E-state index contributed by atoms with van der Waals surface area (Å²) < 4.78 is 3.79. The molecule has 26 heavy (non-hydrogen) atoms. The van der Waals surface area contributed by atoms with E-state index in [1.165, 1.54) is 37.6 Å². The van der Waals surface area contributed by atoms with Gasteiger partial charge in [-0.25, -0.2) is 0 Å². The van der Waals surface area contributed by atoms with Gasteiger partial charge in [0, 0.05) is 38.4 Å². The second kappa shape index (κ2) is 5.33. The van der Waals surface area contributed by atoms with Crippen LogP contribution in [0.3, 0.4) is 0 Å². The van der Waals surface area contributed by atoms with E-state index < -0.39 is 0 Å². The highest BCUT2D eigenvalue weighted by molar-refractivity contribution is 7.17. The zero-order chi connectivity index (χ0) is 17.1. The summed E-state index contributed by atoms with van der Waals surface area (Å²) in [5, 5.41) is 6.26. The third kappa shape index (κ3) is 1.91. The van der Waals surface area contributed by atoms with Crippen molar-refractivity contribution in [2.75, 3.05) is 0 Å². The highest BCUT2D eigenvalue weighted by Gasteiger charge is 2.21. The molecule has 2 heterocycles. The van der Waals surface area contributed by atoms with Crippen LogP contribution in [0.4, 0.5) is 0 Å². The van der Waals surface area contributed by atoms with Gasteiger partial charge in [0.1, 0.15) is 0 Å². The average Bonchev–Trinajstić information content (AvgIpc) is 3.29. The average molecular weight is 351 g/mol. The number of fused-ring (bicyclic) bond motifs is 6. The number of aromatic nitrogens is 1. The van der Waals surface area contributed by atoms with Crippen LogP contribution in [0.15, 0.2) is 90.4 Å². The maximum Gasteiger partial charge on any atom is 0.0548 e. The minimum absolute atomic E-state index is 0.445. The summed E-state index contributed by atoms with van der Waals surface area (Å²) in [5.41, 5.74) is 3.85. The van der Waals surface area contributed by atoms with Gasteiger partial charge in [0.2, 0.25) is 0 Å². The van der Waals surface area contributed by atoms with Crippen LogP contribution in [-0.4, -0.2) is 4.57 Å². The van der Waals surface area contributed by atoms with Gasteiger partial charge in [-0.1, -0.05) is 54.7 Å². The summed E-state index contributed by atoms with van der Waals surface area (Å²) in [7, 11) is 0. The van der Waals surface area contributed by atoms with Crippen molar-refractivity contribution < 1.29 is 0 Å². The molecule has 4 aromatic rings. The Hall–Kier alpha value is -2.84. The van der Waals surface area contributed by atoms with E-state index in [2.05, 4.69) is 94.9 Å². The zero-order valence-corrected chi connectivity index (χ0v) is 15.0. The first-order valence-corrected chi connectivity index (χ1v) is 9.93. The molecule has 0 aliphatic heterocycles. The predicted molar refractivity (Wildman–Crippen MR) is 114 cm³/mol. The van der Waals surface area contributed by atoms with Gasteiger partial charge in [-0.15, -0.1) is 11.3 Å². The van der Waals surface area contributed by atoms with Crippen LogP contribution in [0, 0.1) is 11.8 Å². The molecule has 2 heteroatoms. The standard InChI is InChI=1S/C24H17NS/c1-2-6-17-15-18(10-9-16(17)5-1)25-21-8-4-3-7-19(21)24-20-13-14-26-23(20)12-11-22(24)25/h1-17H. The van der Waals surface area contributed by atoms with Gasteiger partial charge in [0.15, 0.2) is 0 Å².